The maximum Gasteiger partial charge on any atom is 0.272 e. The lowest BCUT2D eigenvalue weighted by molar-refractivity contribution is -0.122. The van der Waals surface area contributed by atoms with Crippen LogP contribution in [0.5, 0.6) is 0 Å². The summed E-state index contributed by atoms with van der Waals surface area (Å²) in [6.07, 6.45) is 4.76. The Labute approximate surface area is 179 Å². The normalized spacial score (nSPS) is 15.0. The number of nitrogens with two attached hydrogens (primary N) is 2. The van der Waals surface area contributed by atoms with E-state index in [1.165, 1.54) is 4.90 Å². The molecule has 0 saturated heterocycles. The summed E-state index contributed by atoms with van der Waals surface area (Å²) in [5.74, 6) is -1.50. The number of anilines is 2. The highest BCUT2D eigenvalue weighted by molar-refractivity contribution is 7.09. The minimum Gasteiger partial charge on any atom is -0.395 e. The average Bonchev–Trinajstić information content (AvgIpc) is 3.37. The van der Waals surface area contributed by atoms with Gasteiger partial charge < -0.3 is 16.8 Å². The standard InChI is InChI=1S/C21H27N5O3S/c1-3-13-8-4-7-11-15(13)26(12(2)20(28)24-14-9-5-6-10-14)21(29)18-16(22)17(19(23)27)25-30-18/h4,7-8,11-12,14H,3,5-6,9-10,22H2,1-2H3,(H2,23,27)(H,24,28). The van der Waals surface area contributed by atoms with Crippen molar-refractivity contribution in [3.05, 3.63) is 40.4 Å². The van der Waals surface area contributed by atoms with E-state index >= 15 is 0 Å². The predicted octanol–water partition coefficient (Wildman–Crippen LogP) is 2.48. The topological polar surface area (TPSA) is 131 Å². The molecule has 1 unspecified atom stereocenters. The van der Waals surface area contributed by atoms with Gasteiger partial charge in [0.2, 0.25) is 5.91 Å². The van der Waals surface area contributed by atoms with Crippen molar-refractivity contribution in [1.29, 1.82) is 0 Å². The molecule has 2 aromatic rings. The number of rotatable bonds is 7. The summed E-state index contributed by atoms with van der Waals surface area (Å²) in [6.45, 7) is 3.68. The Morgan fingerprint density at radius 2 is 1.93 bits per heavy atom. The Hall–Kier alpha value is -2.94. The predicted molar refractivity (Wildman–Crippen MR) is 118 cm³/mol. The van der Waals surface area contributed by atoms with E-state index < -0.39 is 17.9 Å². The fourth-order valence-electron chi connectivity index (χ4n) is 3.79. The number of hydrogen-bond donors (Lipinski definition) is 3. The average molecular weight is 430 g/mol. The van der Waals surface area contributed by atoms with E-state index in [4.69, 9.17) is 11.5 Å². The van der Waals surface area contributed by atoms with Crippen LogP contribution in [-0.4, -0.2) is 34.2 Å². The number of aromatic nitrogens is 1. The summed E-state index contributed by atoms with van der Waals surface area (Å²) in [7, 11) is 0. The van der Waals surface area contributed by atoms with Crippen molar-refractivity contribution in [2.75, 3.05) is 10.6 Å². The SMILES string of the molecule is CCc1ccccc1N(C(=O)c1snc(C(N)=O)c1N)C(C)C(=O)NC1CCCC1. The molecule has 1 aromatic heterocycles. The van der Waals surface area contributed by atoms with E-state index in [1.54, 1.807) is 6.92 Å². The lowest BCUT2D eigenvalue weighted by Crippen LogP contribution is -2.50. The third-order valence-corrected chi connectivity index (χ3v) is 6.33. The third-order valence-electron chi connectivity index (χ3n) is 5.47. The second-order valence-electron chi connectivity index (χ2n) is 7.46. The smallest absolute Gasteiger partial charge is 0.272 e. The molecule has 1 heterocycles. The molecule has 3 amide bonds. The quantitative estimate of drug-likeness (QED) is 0.622. The molecule has 8 nitrogen and oxygen atoms in total. The number of carbonyl (C=O) groups is 3. The van der Waals surface area contributed by atoms with E-state index in [9.17, 15) is 14.4 Å². The van der Waals surface area contributed by atoms with Crippen LogP contribution < -0.4 is 21.7 Å². The molecule has 0 bridgehead atoms. The first kappa shape index (κ1) is 21.8. The van der Waals surface area contributed by atoms with E-state index in [1.807, 2.05) is 31.2 Å². The van der Waals surface area contributed by atoms with Crippen molar-refractivity contribution in [3.8, 4) is 0 Å². The van der Waals surface area contributed by atoms with Gasteiger partial charge >= 0.3 is 0 Å². The summed E-state index contributed by atoms with van der Waals surface area (Å²) in [5, 5.41) is 3.06. The van der Waals surface area contributed by atoms with Crippen molar-refractivity contribution < 1.29 is 14.4 Å². The number of nitrogen functional groups attached to an aromatic ring is 1. The van der Waals surface area contributed by atoms with Crippen LogP contribution in [0.15, 0.2) is 24.3 Å². The van der Waals surface area contributed by atoms with Crippen molar-refractivity contribution >= 4 is 40.6 Å². The van der Waals surface area contributed by atoms with Gasteiger partial charge in [-0.1, -0.05) is 38.0 Å². The minimum absolute atomic E-state index is 0.0557. The van der Waals surface area contributed by atoms with Crippen LogP contribution in [0.3, 0.4) is 0 Å². The number of aryl methyl sites for hydroxylation is 1. The van der Waals surface area contributed by atoms with Crippen LogP contribution in [0.2, 0.25) is 0 Å². The Morgan fingerprint density at radius 1 is 1.27 bits per heavy atom. The van der Waals surface area contributed by atoms with Gasteiger partial charge in [-0.2, -0.15) is 4.37 Å². The van der Waals surface area contributed by atoms with Crippen LogP contribution in [-0.2, 0) is 11.2 Å². The van der Waals surface area contributed by atoms with E-state index in [-0.39, 0.29) is 28.2 Å². The van der Waals surface area contributed by atoms with Crippen molar-refractivity contribution in [3.63, 3.8) is 0 Å². The first-order valence-electron chi connectivity index (χ1n) is 10.1. The van der Waals surface area contributed by atoms with Crippen molar-refractivity contribution in [2.45, 2.75) is 58.0 Å². The molecular formula is C21H27N5O3S. The van der Waals surface area contributed by atoms with Crippen LogP contribution >= 0.6 is 11.5 Å². The summed E-state index contributed by atoms with van der Waals surface area (Å²) >= 11 is 0.812. The number of amides is 3. The number of nitrogens with one attached hydrogen (secondary N) is 1. The fourth-order valence-corrected chi connectivity index (χ4v) is 4.53. The second kappa shape index (κ2) is 9.25. The van der Waals surface area contributed by atoms with Gasteiger partial charge in [-0.3, -0.25) is 19.3 Å². The number of hydrogen-bond acceptors (Lipinski definition) is 6. The molecular weight excluding hydrogens is 402 g/mol. The summed E-state index contributed by atoms with van der Waals surface area (Å²) in [4.78, 5) is 39.6. The van der Waals surface area contributed by atoms with Crippen LogP contribution in [0.4, 0.5) is 11.4 Å². The molecule has 5 N–H and O–H groups in total. The third kappa shape index (κ3) is 4.30. The molecule has 30 heavy (non-hydrogen) atoms. The Kier molecular flexibility index (Phi) is 6.71. The van der Waals surface area contributed by atoms with Gasteiger partial charge in [0, 0.05) is 11.7 Å². The van der Waals surface area contributed by atoms with Gasteiger partial charge in [-0.15, -0.1) is 0 Å². The lowest BCUT2D eigenvalue weighted by atomic mass is 10.1. The number of nitrogens with zero attached hydrogens (tertiary/aromatic N) is 2. The summed E-state index contributed by atoms with van der Waals surface area (Å²) in [5.41, 5.74) is 12.7. The van der Waals surface area contributed by atoms with Crippen molar-refractivity contribution in [2.24, 2.45) is 5.73 Å². The number of benzene rings is 1. The maximum absolute atomic E-state index is 13.5. The number of para-hydroxylation sites is 1. The Bertz CT molecular complexity index is 952. The molecule has 9 heteroatoms. The molecule has 1 aliphatic carbocycles. The van der Waals surface area contributed by atoms with Gasteiger partial charge in [-0.25, -0.2) is 0 Å². The van der Waals surface area contributed by atoms with Crippen LogP contribution in [0, 0.1) is 0 Å². The van der Waals surface area contributed by atoms with Gasteiger partial charge in [0.05, 0.1) is 5.69 Å². The zero-order valence-electron chi connectivity index (χ0n) is 17.2. The highest BCUT2D eigenvalue weighted by Gasteiger charge is 2.34. The molecule has 160 valence electrons. The van der Waals surface area contributed by atoms with Gasteiger partial charge in [0.25, 0.3) is 11.8 Å². The van der Waals surface area contributed by atoms with E-state index in [2.05, 4.69) is 9.69 Å². The summed E-state index contributed by atoms with van der Waals surface area (Å²) < 4.78 is 3.94. The molecule has 1 atom stereocenters. The summed E-state index contributed by atoms with van der Waals surface area (Å²) in [6, 6.07) is 6.80. The maximum atomic E-state index is 13.5. The highest BCUT2D eigenvalue weighted by atomic mass is 32.1. The van der Waals surface area contributed by atoms with Gasteiger partial charge in [0.15, 0.2) is 5.69 Å². The molecule has 1 saturated carbocycles. The molecule has 3 rings (SSSR count). The van der Waals surface area contributed by atoms with Gasteiger partial charge in [0.1, 0.15) is 10.9 Å². The van der Waals surface area contributed by atoms with Gasteiger partial charge in [-0.05, 0) is 49.3 Å². The van der Waals surface area contributed by atoms with Crippen LogP contribution in [0.1, 0.15) is 65.3 Å². The molecule has 1 aliphatic rings. The fraction of sp³-hybridized carbons (Fsp3) is 0.429. The van der Waals surface area contributed by atoms with Crippen LogP contribution in [0.25, 0.3) is 0 Å². The second-order valence-corrected chi connectivity index (χ2v) is 8.23. The Morgan fingerprint density at radius 3 is 2.53 bits per heavy atom. The zero-order chi connectivity index (χ0) is 21.8. The largest absolute Gasteiger partial charge is 0.395 e. The monoisotopic (exact) mass is 429 g/mol. The molecule has 1 fully saturated rings. The first-order chi connectivity index (χ1) is 14.3. The zero-order valence-corrected chi connectivity index (χ0v) is 18.0. The van der Waals surface area contributed by atoms with E-state index in [0.29, 0.717) is 12.1 Å². The first-order valence-corrected chi connectivity index (χ1v) is 10.9. The molecule has 1 aromatic carbocycles. The highest BCUT2D eigenvalue weighted by Crippen LogP contribution is 2.30. The minimum atomic E-state index is -0.796. The number of carbonyl (C=O) groups excluding carboxylic acids is 3. The number of primary amides is 1. The Balaban J connectivity index is 2.00. The molecule has 0 aliphatic heterocycles. The molecule has 0 spiro atoms. The lowest BCUT2D eigenvalue weighted by Gasteiger charge is -2.30. The molecule has 0 radical (unpaired) electrons. The van der Waals surface area contributed by atoms with E-state index in [0.717, 1.165) is 42.8 Å². The van der Waals surface area contributed by atoms with Crippen molar-refractivity contribution in [1.82, 2.24) is 9.69 Å².